The molecule has 0 aliphatic rings. The predicted molar refractivity (Wildman–Crippen MR) is 60.5 cm³/mol. The zero-order valence-corrected chi connectivity index (χ0v) is 10.4. The fourth-order valence-electron chi connectivity index (χ4n) is 1.64. The van der Waals surface area contributed by atoms with Crippen LogP contribution in [0.2, 0.25) is 0 Å². The lowest BCUT2D eigenvalue weighted by atomic mass is 10.1. The summed E-state index contributed by atoms with van der Waals surface area (Å²) in [5, 5.41) is 3.28. The summed E-state index contributed by atoms with van der Waals surface area (Å²) >= 11 is 0. The molecule has 5 heteroatoms. The molecule has 0 saturated heterocycles. The number of rotatable bonds is 8. The van der Waals surface area contributed by atoms with Gasteiger partial charge in [0.05, 0.1) is 6.54 Å². The standard InChI is InChI=1S/C11H23F3N2/c1-4-6-10(5-2)15-7-8-16(3)9-11(12,13)14/h10,15H,4-9H2,1-3H3. The first-order valence-electron chi connectivity index (χ1n) is 5.87. The van der Waals surface area contributed by atoms with E-state index in [0.29, 0.717) is 19.1 Å². The van der Waals surface area contributed by atoms with E-state index in [1.165, 1.54) is 11.9 Å². The van der Waals surface area contributed by atoms with Gasteiger partial charge in [0.1, 0.15) is 0 Å². The molecule has 98 valence electrons. The van der Waals surface area contributed by atoms with Crippen LogP contribution >= 0.6 is 0 Å². The molecule has 0 heterocycles. The summed E-state index contributed by atoms with van der Waals surface area (Å²) in [4.78, 5) is 1.30. The van der Waals surface area contributed by atoms with E-state index in [4.69, 9.17) is 0 Å². The van der Waals surface area contributed by atoms with E-state index in [0.717, 1.165) is 19.3 Å². The highest BCUT2D eigenvalue weighted by Crippen LogP contribution is 2.15. The Labute approximate surface area is 96.2 Å². The Morgan fingerprint density at radius 2 is 1.88 bits per heavy atom. The maximum atomic E-state index is 12.0. The number of hydrogen-bond acceptors (Lipinski definition) is 2. The number of hydrogen-bond donors (Lipinski definition) is 1. The highest BCUT2D eigenvalue weighted by molar-refractivity contribution is 4.66. The highest BCUT2D eigenvalue weighted by Gasteiger charge is 2.28. The molecular weight excluding hydrogens is 217 g/mol. The Kier molecular flexibility index (Phi) is 7.76. The molecule has 0 bridgehead atoms. The highest BCUT2D eigenvalue weighted by atomic mass is 19.4. The normalized spacial score (nSPS) is 14.4. The molecule has 0 amide bonds. The summed E-state index contributed by atoms with van der Waals surface area (Å²) in [7, 11) is 1.50. The van der Waals surface area contributed by atoms with Gasteiger partial charge in [-0.05, 0) is 19.9 Å². The minimum Gasteiger partial charge on any atom is -0.313 e. The lowest BCUT2D eigenvalue weighted by Crippen LogP contribution is -2.38. The van der Waals surface area contributed by atoms with Crippen LogP contribution in [0.15, 0.2) is 0 Å². The molecule has 1 atom stereocenters. The van der Waals surface area contributed by atoms with Crippen molar-refractivity contribution >= 4 is 0 Å². The second-order valence-electron chi connectivity index (χ2n) is 4.20. The number of likely N-dealkylation sites (N-methyl/N-ethyl adjacent to an activating group) is 1. The van der Waals surface area contributed by atoms with E-state index in [9.17, 15) is 13.2 Å². The summed E-state index contributed by atoms with van der Waals surface area (Å²) in [6.07, 6.45) is -0.886. The van der Waals surface area contributed by atoms with Gasteiger partial charge in [-0.2, -0.15) is 13.2 Å². The van der Waals surface area contributed by atoms with Crippen molar-refractivity contribution in [2.24, 2.45) is 0 Å². The first-order valence-corrected chi connectivity index (χ1v) is 5.87. The third-order valence-electron chi connectivity index (χ3n) is 2.51. The predicted octanol–water partition coefficient (Wildman–Crippen LogP) is 2.65. The van der Waals surface area contributed by atoms with Crippen LogP contribution in [0.1, 0.15) is 33.1 Å². The summed E-state index contributed by atoms with van der Waals surface area (Å²) in [5.41, 5.74) is 0. The molecule has 0 fully saturated rings. The fraction of sp³-hybridized carbons (Fsp3) is 1.00. The Morgan fingerprint density at radius 3 is 2.31 bits per heavy atom. The molecule has 0 spiro atoms. The first kappa shape index (κ1) is 15.7. The molecule has 0 aromatic carbocycles. The Bertz CT molecular complexity index is 171. The third kappa shape index (κ3) is 8.97. The lowest BCUT2D eigenvalue weighted by Gasteiger charge is -2.21. The molecule has 1 unspecified atom stereocenters. The summed E-state index contributed by atoms with van der Waals surface area (Å²) in [6, 6.07) is 0.435. The van der Waals surface area contributed by atoms with E-state index in [1.807, 2.05) is 0 Å². The first-order chi connectivity index (χ1) is 7.39. The SMILES string of the molecule is CCCC(CC)NCCN(C)CC(F)(F)F. The van der Waals surface area contributed by atoms with Crippen molar-refractivity contribution in [1.29, 1.82) is 0 Å². The minimum atomic E-state index is -4.09. The van der Waals surface area contributed by atoms with Crippen LogP contribution in [0.5, 0.6) is 0 Å². The van der Waals surface area contributed by atoms with Gasteiger partial charge in [0.15, 0.2) is 0 Å². The zero-order valence-electron chi connectivity index (χ0n) is 10.4. The van der Waals surface area contributed by atoms with Crippen molar-refractivity contribution < 1.29 is 13.2 Å². The smallest absolute Gasteiger partial charge is 0.313 e. The summed E-state index contributed by atoms with van der Waals surface area (Å²) in [5.74, 6) is 0. The van der Waals surface area contributed by atoms with Crippen LogP contribution in [0.4, 0.5) is 13.2 Å². The van der Waals surface area contributed by atoms with Crippen molar-refractivity contribution in [2.75, 3.05) is 26.7 Å². The average molecular weight is 240 g/mol. The lowest BCUT2D eigenvalue weighted by molar-refractivity contribution is -0.142. The fourth-order valence-corrected chi connectivity index (χ4v) is 1.64. The summed E-state index contributed by atoms with van der Waals surface area (Å²) in [6.45, 7) is 4.41. The van der Waals surface area contributed by atoms with Crippen LogP contribution in [-0.4, -0.2) is 43.8 Å². The van der Waals surface area contributed by atoms with Gasteiger partial charge >= 0.3 is 6.18 Å². The van der Waals surface area contributed by atoms with Gasteiger partial charge in [-0.25, -0.2) is 0 Å². The molecule has 2 nitrogen and oxygen atoms in total. The number of nitrogens with one attached hydrogen (secondary N) is 1. The Morgan fingerprint density at radius 1 is 1.25 bits per heavy atom. The van der Waals surface area contributed by atoms with Gasteiger partial charge in [-0.3, -0.25) is 4.90 Å². The molecule has 1 N–H and O–H groups in total. The van der Waals surface area contributed by atoms with Crippen molar-refractivity contribution in [1.82, 2.24) is 10.2 Å². The number of halogens is 3. The molecule has 0 aliphatic heterocycles. The van der Waals surface area contributed by atoms with Crippen LogP contribution in [-0.2, 0) is 0 Å². The van der Waals surface area contributed by atoms with Crippen molar-refractivity contribution in [3.63, 3.8) is 0 Å². The van der Waals surface area contributed by atoms with Crippen molar-refractivity contribution in [3.05, 3.63) is 0 Å². The van der Waals surface area contributed by atoms with Gasteiger partial charge in [0.2, 0.25) is 0 Å². The maximum absolute atomic E-state index is 12.0. The van der Waals surface area contributed by atoms with Crippen LogP contribution < -0.4 is 5.32 Å². The molecular formula is C11H23F3N2. The number of alkyl halides is 3. The van der Waals surface area contributed by atoms with E-state index in [2.05, 4.69) is 19.2 Å². The quantitative estimate of drug-likeness (QED) is 0.701. The number of nitrogens with zero attached hydrogens (tertiary/aromatic N) is 1. The molecule has 0 rings (SSSR count). The second-order valence-corrected chi connectivity index (χ2v) is 4.20. The Hall–Kier alpha value is -0.290. The minimum absolute atomic E-state index is 0.430. The second kappa shape index (κ2) is 7.90. The molecule has 0 aliphatic carbocycles. The van der Waals surface area contributed by atoms with Crippen molar-refractivity contribution in [2.45, 2.75) is 45.3 Å². The largest absolute Gasteiger partial charge is 0.401 e. The molecule has 0 saturated carbocycles. The van der Waals surface area contributed by atoms with Gasteiger partial charge in [-0.15, -0.1) is 0 Å². The van der Waals surface area contributed by atoms with Crippen LogP contribution in [0, 0.1) is 0 Å². The molecule has 0 aromatic heterocycles. The topological polar surface area (TPSA) is 15.3 Å². The van der Waals surface area contributed by atoms with Crippen molar-refractivity contribution in [3.8, 4) is 0 Å². The molecule has 0 radical (unpaired) electrons. The third-order valence-corrected chi connectivity index (χ3v) is 2.51. The van der Waals surface area contributed by atoms with Crippen LogP contribution in [0.25, 0.3) is 0 Å². The van der Waals surface area contributed by atoms with E-state index in [1.54, 1.807) is 0 Å². The summed E-state index contributed by atoms with van der Waals surface area (Å²) < 4.78 is 36.1. The van der Waals surface area contributed by atoms with Gasteiger partial charge < -0.3 is 5.32 Å². The van der Waals surface area contributed by atoms with E-state index < -0.39 is 12.7 Å². The van der Waals surface area contributed by atoms with E-state index >= 15 is 0 Å². The zero-order chi connectivity index (χ0) is 12.6. The van der Waals surface area contributed by atoms with E-state index in [-0.39, 0.29) is 0 Å². The van der Waals surface area contributed by atoms with Gasteiger partial charge in [-0.1, -0.05) is 20.3 Å². The van der Waals surface area contributed by atoms with Gasteiger partial charge in [0, 0.05) is 19.1 Å². The Balaban J connectivity index is 3.63. The molecule has 0 aromatic rings. The van der Waals surface area contributed by atoms with Crippen LogP contribution in [0.3, 0.4) is 0 Å². The average Bonchev–Trinajstić information content (AvgIpc) is 2.13. The van der Waals surface area contributed by atoms with Gasteiger partial charge in [0.25, 0.3) is 0 Å². The maximum Gasteiger partial charge on any atom is 0.401 e. The molecule has 16 heavy (non-hydrogen) atoms. The monoisotopic (exact) mass is 240 g/mol.